The van der Waals surface area contributed by atoms with Gasteiger partial charge >= 0.3 is 0 Å². The van der Waals surface area contributed by atoms with Crippen molar-refractivity contribution in [2.75, 3.05) is 20.2 Å². The second-order valence-corrected chi connectivity index (χ2v) is 5.82. The molecule has 1 amide bonds. The molecule has 1 aliphatic rings. The summed E-state index contributed by atoms with van der Waals surface area (Å²) in [5, 5.41) is 2.84. The molecule has 0 unspecified atom stereocenters. The Kier molecular flexibility index (Phi) is 8.63. The van der Waals surface area contributed by atoms with E-state index in [0.717, 1.165) is 31.6 Å². The van der Waals surface area contributed by atoms with E-state index in [9.17, 15) is 4.79 Å². The van der Waals surface area contributed by atoms with Gasteiger partial charge in [0, 0.05) is 13.5 Å². The lowest BCUT2D eigenvalue weighted by atomic mass is 10.1. The van der Waals surface area contributed by atoms with Gasteiger partial charge in [0.1, 0.15) is 11.6 Å². The van der Waals surface area contributed by atoms with Crippen molar-refractivity contribution in [1.29, 1.82) is 0 Å². The fraction of sp³-hybridized carbons (Fsp3) is 0.706. The van der Waals surface area contributed by atoms with Gasteiger partial charge in [0.05, 0.1) is 13.2 Å². The van der Waals surface area contributed by atoms with E-state index in [1.807, 2.05) is 11.9 Å². The number of ether oxygens (including phenoxy) is 1. The number of hydrogen-bond donors (Lipinski definition) is 1. The van der Waals surface area contributed by atoms with Crippen LogP contribution in [0, 0.1) is 0 Å². The molecule has 4 heteroatoms. The third kappa shape index (κ3) is 8.43. The lowest BCUT2D eigenvalue weighted by molar-refractivity contribution is -0.120. The van der Waals surface area contributed by atoms with Gasteiger partial charge in [0.15, 0.2) is 0 Å². The van der Waals surface area contributed by atoms with Gasteiger partial charge in [-0.3, -0.25) is 4.79 Å². The highest BCUT2D eigenvalue weighted by atomic mass is 16.5. The first-order chi connectivity index (χ1) is 10.1. The van der Waals surface area contributed by atoms with Crippen LogP contribution in [0.15, 0.2) is 24.7 Å². The van der Waals surface area contributed by atoms with E-state index < -0.39 is 0 Å². The summed E-state index contributed by atoms with van der Waals surface area (Å²) < 4.78 is 5.62. The first kappa shape index (κ1) is 17.6. The number of amides is 1. The molecule has 0 bridgehead atoms. The molecule has 1 fully saturated rings. The molecule has 1 N–H and O–H groups in total. The zero-order valence-electron chi connectivity index (χ0n) is 13.5. The maximum atomic E-state index is 11.8. The molecule has 4 nitrogen and oxygen atoms in total. The van der Waals surface area contributed by atoms with Gasteiger partial charge in [-0.2, -0.15) is 0 Å². The van der Waals surface area contributed by atoms with Crippen LogP contribution >= 0.6 is 0 Å². The predicted octanol–water partition coefficient (Wildman–Crippen LogP) is 3.56. The Morgan fingerprint density at radius 2 is 1.57 bits per heavy atom. The molecule has 21 heavy (non-hydrogen) atoms. The molecule has 1 rings (SSSR count). The summed E-state index contributed by atoms with van der Waals surface area (Å²) in [5.74, 6) is 1.37. The van der Waals surface area contributed by atoms with Crippen LogP contribution < -0.4 is 5.32 Å². The largest absolute Gasteiger partial charge is 0.497 e. The zero-order valence-corrected chi connectivity index (χ0v) is 13.5. The summed E-state index contributed by atoms with van der Waals surface area (Å²) >= 11 is 0. The Labute approximate surface area is 129 Å². The van der Waals surface area contributed by atoms with Crippen molar-refractivity contribution in [2.24, 2.45) is 0 Å². The molecule has 0 saturated carbocycles. The summed E-state index contributed by atoms with van der Waals surface area (Å²) in [5.41, 5.74) is 0. The standard InChI is InChI=1S/C17H30N2O2/c1-15-14-19(3)16(2)18-17(20)12-10-8-6-4-5-7-9-11-13-21-15/h1-2,4-14H2,3H3,(H,18,20). The summed E-state index contributed by atoms with van der Waals surface area (Å²) in [6, 6.07) is 0. The van der Waals surface area contributed by atoms with Crippen molar-refractivity contribution in [2.45, 2.75) is 57.8 Å². The molecule has 1 aliphatic heterocycles. The zero-order chi connectivity index (χ0) is 15.5. The average molecular weight is 294 g/mol. The van der Waals surface area contributed by atoms with Crippen molar-refractivity contribution in [3.05, 3.63) is 24.7 Å². The van der Waals surface area contributed by atoms with E-state index >= 15 is 0 Å². The smallest absolute Gasteiger partial charge is 0.225 e. The second-order valence-electron chi connectivity index (χ2n) is 5.82. The molecule has 0 atom stereocenters. The number of likely N-dealkylation sites (N-methyl/N-ethyl adjacent to an activating group) is 1. The molecule has 0 aromatic heterocycles. The Balaban J connectivity index is 2.44. The van der Waals surface area contributed by atoms with Crippen molar-refractivity contribution in [3.8, 4) is 0 Å². The molecule has 0 spiro atoms. The van der Waals surface area contributed by atoms with Gasteiger partial charge in [0.2, 0.25) is 5.91 Å². The van der Waals surface area contributed by atoms with Gasteiger partial charge in [-0.05, 0) is 12.8 Å². The molecule has 1 heterocycles. The van der Waals surface area contributed by atoms with Crippen LogP contribution in [0.5, 0.6) is 0 Å². The van der Waals surface area contributed by atoms with Crippen LogP contribution in [0.3, 0.4) is 0 Å². The Morgan fingerprint density at radius 3 is 2.24 bits per heavy atom. The van der Waals surface area contributed by atoms with Crippen LogP contribution in [-0.2, 0) is 9.53 Å². The topological polar surface area (TPSA) is 41.6 Å². The van der Waals surface area contributed by atoms with E-state index in [4.69, 9.17) is 4.74 Å². The summed E-state index contributed by atoms with van der Waals surface area (Å²) in [7, 11) is 1.88. The minimum atomic E-state index is 0.0442. The Hall–Kier alpha value is -1.45. The SMILES string of the molecule is C=C1CN(C)C(=C)NC(=O)CCCCCCCCCCO1. The third-order valence-corrected chi connectivity index (χ3v) is 3.76. The van der Waals surface area contributed by atoms with Crippen LogP contribution in [0.4, 0.5) is 0 Å². The molecule has 1 saturated heterocycles. The predicted molar refractivity (Wildman–Crippen MR) is 86.6 cm³/mol. The van der Waals surface area contributed by atoms with E-state index in [2.05, 4.69) is 18.5 Å². The highest BCUT2D eigenvalue weighted by Gasteiger charge is 2.09. The number of rotatable bonds is 0. The van der Waals surface area contributed by atoms with Gasteiger partial charge < -0.3 is 15.0 Å². The molecule has 0 radical (unpaired) electrons. The molecule has 0 aromatic rings. The lowest BCUT2D eigenvalue weighted by Gasteiger charge is -2.23. The number of nitrogens with one attached hydrogen (secondary N) is 1. The van der Waals surface area contributed by atoms with E-state index in [1.165, 1.54) is 32.1 Å². The summed E-state index contributed by atoms with van der Waals surface area (Å²) in [4.78, 5) is 13.7. The van der Waals surface area contributed by atoms with Gasteiger partial charge in [-0.15, -0.1) is 0 Å². The van der Waals surface area contributed by atoms with E-state index in [0.29, 0.717) is 18.8 Å². The summed E-state index contributed by atoms with van der Waals surface area (Å²) in [6.07, 6.45) is 10.0. The fourth-order valence-corrected chi connectivity index (χ4v) is 2.39. The number of nitrogens with zero attached hydrogens (tertiary/aromatic N) is 1. The maximum absolute atomic E-state index is 11.8. The third-order valence-electron chi connectivity index (χ3n) is 3.76. The quantitative estimate of drug-likeness (QED) is 0.742. The van der Waals surface area contributed by atoms with Crippen LogP contribution in [0.2, 0.25) is 0 Å². The van der Waals surface area contributed by atoms with E-state index in [-0.39, 0.29) is 5.91 Å². The molecule has 0 aliphatic carbocycles. The fourth-order valence-electron chi connectivity index (χ4n) is 2.39. The first-order valence-electron chi connectivity index (χ1n) is 8.10. The molecule has 120 valence electrons. The van der Waals surface area contributed by atoms with Crippen molar-refractivity contribution < 1.29 is 9.53 Å². The minimum Gasteiger partial charge on any atom is -0.497 e. The second kappa shape index (κ2) is 10.3. The maximum Gasteiger partial charge on any atom is 0.225 e. The van der Waals surface area contributed by atoms with Crippen LogP contribution in [0.1, 0.15) is 57.8 Å². The molecule has 0 aromatic carbocycles. The van der Waals surface area contributed by atoms with Crippen molar-refractivity contribution >= 4 is 5.91 Å². The van der Waals surface area contributed by atoms with E-state index in [1.54, 1.807) is 0 Å². The van der Waals surface area contributed by atoms with Crippen LogP contribution in [0.25, 0.3) is 0 Å². The lowest BCUT2D eigenvalue weighted by Crippen LogP contribution is -2.33. The highest BCUT2D eigenvalue weighted by molar-refractivity contribution is 5.77. The minimum absolute atomic E-state index is 0.0442. The number of hydrogen-bond acceptors (Lipinski definition) is 3. The Morgan fingerprint density at radius 1 is 1.00 bits per heavy atom. The monoisotopic (exact) mass is 294 g/mol. The number of carbonyl (C=O) groups excluding carboxylic acids is 1. The highest BCUT2D eigenvalue weighted by Crippen LogP contribution is 2.11. The van der Waals surface area contributed by atoms with Crippen LogP contribution in [-0.4, -0.2) is 31.0 Å². The van der Waals surface area contributed by atoms with Gasteiger partial charge in [-0.25, -0.2) is 0 Å². The summed E-state index contributed by atoms with van der Waals surface area (Å²) in [6.45, 7) is 9.10. The molecular weight excluding hydrogens is 264 g/mol. The number of carbonyl (C=O) groups is 1. The Bertz CT molecular complexity index is 353. The first-order valence-corrected chi connectivity index (χ1v) is 8.10. The van der Waals surface area contributed by atoms with Gasteiger partial charge in [0.25, 0.3) is 0 Å². The average Bonchev–Trinajstić information content (AvgIpc) is 2.43. The van der Waals surface area contributed by atoms with Crippen molar-refractivity contribution in [3.63, 3.8) is 0 Å². The van der Waals surface area contributed by atoms with Crippen molar-refractivity contribution in [1.82, 2.24) is 10.2 Å². The normalized spacial score (nSPS) is 21.4. The molecular formula is C17H30N2O2. The van der Waals surface area contributed by atoms with Gasteiger partial charge in [-0.1, -0.05) is 51.7 Å².